The molecule has 0 unspecified atom stereocenters. The average Bonchev–Trinajstić information content (AvgIpc) is 2.93. The number of nitrogens with zero attached hydrogens (tertiary/aromatic N) is 3. The van der Waals surface area contributed by atoms with Crippen LogP contribution in [0.15, 0.2) is 30.6 Å². The van der Waals surface area contributed by atoms with Gasteiger partial charge >= 0.3 is 5.97 Å². The zero-order chi connectivity index (χ0) is 13.5. The van der Waals surface area contributed by atoms with E-state index in [4.69, 9.17) is 5.11 Å². The molecule has 0 spiro atoms. The molecule has 19 heavy (non-hydrogen) atoms. The molecule has 1 aromatic heterocycles. The molecule has 0 atom stereocenters. The fourth-order valence-corrected chi connectivity index (χ4v) is 2.03. The Labute approximate surface area is 110 Å². The molecule has 1 aromatic carbocycles. The molecule has 0 radical (unpaired) electrons. The van der Waals surface area contributed by atoms with E-state index in [2.05, 4.69) is 17.0 Å². The van der Waals surface area contributed by atoms with E-state index in [0.29, 0.717) is 11.2 Å². The molecule has 1 aliphatic carbocycles. The summed E-state index contributed by atoms with van der Waals surface area (Å²) in [5.74, 6) is -0.284. The molecule has 1 aliphatic rings. The van der Waals surface area contributed by atoms with Crippen LogP contribution in [-0.4, -0.2) is 25.8 Å². The van der Waals surface area contributed by atoms with Gasteiger partial charge < -0.3 is 5.11 Å². The van der Waals surface area contributed by atoms with Crippen LogP contribution in [0.1, 0.15) is 30.1 Å². The molecule has 1 fully saturated rings. The number of carbonyl (C=O) groups is 1. The minimum Gasteiger partial charge on any atom is -0.478 e. The Bertz CT molecular complexity index is 612. The summed E-state index contributed by atoms with van der Waals surface area (Å²) in [5.41, 5.74) is 1.50. The van der Waals surface area contributed by atoms with Gasteiger partial charge in [-0.2, -0.15) is 5.10 Å². The van der Waals surface area contributed by atoms with Gasteiger partial charge in [-0.1, -0.05) is 19.1 Å². The quantitative estimate of drug-likeness (QED) is 0.913. The van der Waals surface area contributed by atoms with E-state index in [1.54, 1.807) is 30.6 Å². The van der Waals surface area contributed by atoms with E-state index in [1.807, 2.05) is 4.68 Å². The van der Waals surface area contributed by atoms with Crippen molar-refractivity contribution in [1.29, 1.82) is 0 Å². The van der Waals surface area contributed by atoms with Crippen molar-refractivity contribution < 1.29 is 9.90 Å². The van der Waals surface area contributed by atoms with Crippen LogP contribution in [0.2, 0.25) is 0 Å². The number of benzene rings is 1. The predicted molar refractivity (Wildman–Crippen MR) is 69.8 cm³/mol. The van der Waals surface area contributed by atoms with Crippen LogP contribution < -0.4 is 0 Å². The van der Waals surface area contributed by atoms with E-state index in [9.17, 15) is 4.79 Å². The van der Waals surface area contributed by atoms with Crippen molar-refractivity contribution in [2.45, 2.75) is 26.3 Å². The third-order valence-corrected chi connectivity index (χ3v) is 3.57. The summed E-state index contributed by atoms with van der Waals surface area (Å²) < 4.78 is 1.87. The van der Waals surface area contributed by atoms with Crippen molar-refractivity contribution in [3.8, 4) is 11.4 Å². The SMILES string of the molecule is CC1(Cn2cnc(-c3ccc(C(=O)O)cc3)n2)CC1. The van der Waals surface area contributed by atoms with Crippen molar-refractivity contribution >= 4 is 5.97 Å². The number of carboxylic acids is 1. The van der Waals surface area contributed by atoms with E-state index in [0.717, 1.165) is 12.1 Å². The second-order valence-electron chi connectivity index (χ2n) is 5.46. The number of hydrogen-bond donors (Lipinski definition) is 1. The Hall–Kier alpha value is -2.17. The maximum Gasteiger partial charge on any atom is 0.335 e. The zero-order valence-electron chi connectivity index (χ0n) is 10.7. The van der Waals surface area contributed by atoms with Crippen LogP contribution in [0.5, 0.6) is 0 Å². The summed E-state index contributed by atoms with van der Waals surface area (Å²) in [6.07, 6.45) is 4.23. The normalized spacial score (nSPS) is 16.3. The summed E-state index contributed by atoms with van der Waals surface area (Å²) in [6.45, 7) is 3.14. The van der Waals surface area contributed by atoms with Crippen molar-refractivity contribution in [3.63, 3.8) is 0 Å². The third kappa shape index (κ3) is 2.50. The Morgan fingerprint density at radius 2 is 2.05 bits per heavy atom. The number of rotatable bonds is 4. The molecule has 98 valence electrons. The summed E-state index contributed by atoms with van der Waals surface area (Å²) in [7, 11) is 0. The Morgan fingerprint density at radius 3 is 2.63 bits per heavy atom. The fourth-order valence-electron chi connectivity index (χ4n) is 2.03. The highest BCUT2D eigenvalue weighted by molar-refractivity contribution is 5.88. The van der Waals surface area contributed by atoms with Crippen LogP contribution in [0.25, 0.3) is 11.4 Å². The molecule has 5 nitrogen and oxygen atoms in total. The first-order chi connectivity index (χ1) is 9.06. The summed E-state index contributed by atoms with van der Waals surface area (Å²) >= 11 is 0. The predicted octanol–water partition coefficient (Wildman–Crippen LogP) is 2.44. The molecule has 1 N–H and O–H groups in total. The monoisotopic (exact) mass is 257 g/mol. The second kappa shape index (κ2) is 4.19. The topological polar surface area (TPSA) is 68.0 Å². The van der Waals surface area contributed by atoms with E-state index in [1.165, 1.54) is 12.8 Å². The van der Waals surface area contributed by atoms with E-state index in [-0.39, 0.29) is 5.56 Å². The number of carboxylic acid groups (broad SMARTS) is 1. The third-order valence-electron chi connectivity index (χ3n) is 3.57. The van der Waals surface area contributed by atoms with Crippen molar-refractivity contribution in [1.82, 2.24) is 14.8 Å². The largest absolute Gasteiger partial charge is 0.478 e. The minimum absolute atomic E-state index is 0.272. The molecule has 0 aliphatic heterocycles. The lowest BCUT2D eigenvalue weighted by atomic mass is 10.1. The van der Waals surface area contributed by atoms with Crippen LogP contribution >= 0.6 is 0 Å². The van der Waals surface area contributed by atoms with Gasteiger partial charge in [0.05, 0.1) is 5.56 Å². The highest BCUT2D eigenvalue weighted by atomic mass is 16.4. The number of aromatic carboxylic acids is 1. The second-order valence-corrected chi connectivity index (χ2v) is 5.46. The first kappa shape index (κ1) is 11.9. The van der Waals surface area contributed by atoms with Gasteiger partial charge in [0, 0.05) is 12.1 Å². The number of aromatic nitrogens is 3. The van der Waals surface area contributed by atoms with Gasteiger partial charge in [-0.05, 0) is 30.4 Å². The summed E-state index contributed by atoms with van der Waals surface area (Å²) in [5, 5.41) is 13.3. The molecule has 0 amide bonds. The Balaban J connectivity index is 1.80. The summed E-state index contributed by atoms with van der Waals surface area (Å²) in [4.78, 5) is 15.1. The Morgan fingerprint density at radius 1 is 1.37 bits per heavy atom. The van der Waals surface area contributed by atoms with Crippen LogP contribution in [0.3, 0.4) is 0 Å². The molecule has 5 heteroatoms. The van der Waals surface area contributed by atoms with E-state index < -0.39 is 5.97 Å². The van der Waals surface area contributed by atoms with Gasteiger partial charge in [0.2, 0.25) is 0 Å². The molecule has 1 heterocycles. The lowest BCUT2D eigenvalue weighted by Crippen LogP contribution is -2.08. The molecule has 1 saturated carbocycles. The molecule has 2 aromatic rings. The van der Waals surface area contributed by atoms with Crippen molar-refractivity contribution in [2.24, 2.45) is 5.41 Å². The molecule has 0 saturated heterocycles. The molecular formula is C14H15N3O2. The van der Waals surface area contributed by atoms with E-state index >= 15 is 0 Å². The lowest BCUT2D eigenvalue weighted by Gasteiger charge is -2.06. The minimum atomic E-state index is -0.924. The highest BCUT2D eigenvalue weighted by Gasteiger charge is 2.37. The van der Waals surface area contributed by atoms with Crippen molar-refractivity contribution in [3.05, 3.63) is 36.2 Å². The van der Waals surface area contributed by atoms with Gasteiger partial charge in [-0.3, -0.25) is 4.68 Å². The molecular weight excluding hydrogens is 242 g/mol. The maximum atomic E-state index is 10.8. The van der Waals surface area contributed by atoms with Gasteiger partial charge in [-0.15, -0.1) is 0 Å². The van der Waals surface area contributed by atoms with Crippen molar-refractivity contribution in [2.75, 3.05) is 0 Å². The average molecular weight is 257 g/mol. The van der Waals surface area contributed by atoms with Crippen LogP contribution in [-0.2, 0) is 6.54 Å². The van der Waals surface area contributed by atoms with Gasteiger partial charge in [-0.25, -0.2) is 9.78 Å². The first-order valence-corrected chi connectivity index (χ1v) is 6.29. The smallest absolute Gasteiger partial charge is 0.335 e. The summed E-state index contributed by atoms with van der Waals surface area (Å²) in [6, 6.07) is 6.62. The molecule has 0 bridgehead atoms. The fraction of sp³-hybridized carbons (Fsp3) is 0.357. The maximum absolute atomic E-state index is 10.8. The standard InChI is InChI=1S/C14H15N3O2/c1-14(6-7-14)8-17-9-15-12(16-17)10-2-4-11(5-3-10)13(18)19/h2-5,9H,6-8H2,1H3,(H,18,19). The van der Waals surface area contributed by atoms with Gasteiger partial charge in [0.15, 0.2) is 5.82 Å². The number of hydrogen-bond acceptors (Lipinski definition) is 3. The highest BCUT2D eigenvalue weighted by Crippen LogP contribution is 2.46. The van der Waals surface area contributed by atoms with Crippen LogP contribution in [0, 0.1) is 5.41 Å². The first-order valence-electron chi connectivity index (χ1n) is 6.29. The van der Waals surface area contributed by atoms with Gasteiger partial charge in [0.25, 0.3) is 0 Å². The van der Waals surface area contributed by atoms with Crippen LogP contribution in [0.4, 0.5) is 0 Å². The molecule has 3 rings (SSSR count). The van der Waals surface area contributed by atoms with Gasteiger partial charge in [0.1, 0.15) is 6.33 Å². The Kier molecular flexibility index (Phi) is 2.62. The zero-order valence-corrected chi connectivity index (χ0v) is 10.7. The lowest BCUT2D eigenvalue weighted by molar-refractivity contribution is 0.0697.